The molecule has 0 amide bonds. The van der Waals surface area contributed by atoms with Gasteiger partial charge in [0, 0.05) is 6.04 Å². The average molecular weight is 306 g/mol. The summed E-state index contributed by atoms with van der Waals surface area (Å²) in [6.07, 6.45) is 7.88. The number of hydrogen-bond acceptors (Lipinski definition) is 4. The molecule has 0 aliphatic heterocycles. The molecule has 21 heavy (non-hydrogen) atoms. The van der Waals surface area contributed by atoms with Gasteiger partial charge in [0.1, 0.15) is 6.33 Å². The van der Waals surface area contributed by atoms with Gasteiger partial charge in [-0.2, -0.15) is 0 Å². The van der Waals surface area contributed by atoms with E-state index >= 15 is 0 Å². The van der Waals surface area contributed by atoms with Gasteiger partial charge in [-0.25, -0.2) is 4.68 Å². The Balaban J connectivity index is 1.76. The standard InChI is InChI=1S/C15H20ClN5/c1-11-3-2-4-12(6-5-11)18-15-9-13(7-8-14(15)16)21-10-17-19-20-21/h7-12,18H,2-6H2,1H3. The summed E-state index contributed by atoms with van der Waals surface area (Å²) in [6.45, 7) is 2.34. The van der Waals surface area contributed by atoms with Crippen LogP contribution in [-0.2, 0) is 0 Å². The fourth-order valence-corrected chi connectivity index (χ4v) is 3.07. The van der Waals surface area contributed by atoms with Crippen LogP contribution in [0.25, 0.3) is 5.69 Å². The predicted octanol–water partition coefficient (Wildman–Crippen LogP) is 3.70. The van der Waals surface area contributed by atoms with Gasteiger partial charge in [-0.05, 0) is 53.8 Å². The van der Waals surface area contributed by atoms with E-state index < -0.39 is 0 Å². The molecule has 1 N–H and O–H groups in total. The van der Waals surface area contributed by atoms with Crippen molar-refractivity contribution >= 4 is 17.3 Å². The lowest BCUT2D eigenvalue weighted by atomic mass is 10.0. The van der Waals surface area contributed by atoms with Crippen LogP contribution in [0.5, 0.6) is 0 Å². The number of halogens is 1. The molecule has 0 spiro atoms. The highest BCUT2D eigenvalue weighted by Crippen LogP contribution is 2.29. The zero-order valence-electron chi connectivity index (χ0n) is 12.2. The Kier molecular flexibility index (Phi) is 4.39. The zero-order valence-corrected chi connectivity index (χ0v) is 12.9. The van der Waals surface area contributed by atoms with E-state index in [0.29, 0.717) is 6.04 Å². The van der Waals surface area contributed by atoms with E-state index in [9.17, 15) is 0 Å². The first-order valence-electron chi connectivity index (χ1n) is 7.52. The molecule has 1 aromatic carbocycles. The highest BCUT2D eigenvalue weighted by atomic mass is 35.5. The summed E-state index contributed by atoms with van der Waals surface area (Å²) in [5, 5.41) is 15.6. The number of nitrogens with one attached hydrogen (secondary N) is 1. The molecule has 2 unspecified atom stereocenters. The molecule has 1 saturated carbocycles. The van der Waals surface area contributed by atoms with Gasteiger partial charge in [-0.3, -0.25) is 0 Å². The van der Waals surface area contributed by atoms with E-state index in [2.05, 4.69) is 27.8 Å². The lowest BCUT2D eigenvalue weighted by molar-refractivity contribution is 0.502. The second-order valence-corrected chi connectivity index (χ2v) is 6.28. The van der Waals surface area contributed by atoms with E-state index in [0.717, 1.165) is 22.3 Å². The topological polar surface area (TPSA) is 55.6 Å². The fourth-order valence-electron chi connectivity index (χ4n) is 2.90. The average Bonchev–Trinajstić information content (AvgIpc) is 2.93. The molecule has 2 atom stereocenters. The first kappa shape index (κ1) is 14.3. The molecule has 1 heterocycles. The molecule has 0 saturated heterocycles. The molecule has 0 radical (unpaired) electrons. The van der Waals surface area contributed by atoms with Crippen molar-refractivity contribution in [3.63, 3.8) is 0 Å². The molecular formula is C15H20ClN5. The van der Waals surface area contributed by atoms with Crippen LogP contribution in [0.15, 0.2) is 24.5 Å². The van der Waals surface area contributed by atoms with Crippen LogP contribution in [0.3, 0.4) is 0 Å². The normalized spacial score (nSPS) is 22.8. The zero-order chi connectivity index (χ0) is 14.7. The Morgan fingerprint density at radius 1 is 1.24 bits per heavy atom. The van der Waals surface area contributed by atoms with Gasteiger partial charge in [-0.1, -0.05) is 31.4 Å². The molecular weight excluding hydrogens is 286 g/mol. The van der Waals surface area contributed by atoms with Crippen LogP contribution in [0.1, 0.15) is 39.0 Å². The SMILES string of the molecule is CC1CCCC(Nc2cc(-n3cnnn3)ccc2Cl)CC1. The fraction of sp³-hybridized carbons (Fsp3) is 0.533. The Bertz CT molecular complexity index is 584. The van der Waals surface area contributed by atoms with Crippen LogP contribution < -0.4 is 5.32 Å². The maximum absolute atomic E-state index is 6.32. The third kappa shape index (κ3) is 3.53. The van der Waals surface area contributed by atoms with Crippen molar-refractivity contribution in [2.24, 2.45) is 5.92 Å². The number of tetrazole rings is 1. The molecule has 1 aliphatic rings. The van der Waals surface area contributed by atoms with Crippen molar-refractivity contribution in [3.05, 3.63) is 29.5 Å². The summed E-state index contributed by atoms with van der Waals surface area (Å²) in [7, 11) is 0. The number of hydrogen-bond donors (Lipinski definition) is 1. The molecule has 2 aromatic rings. The Labute approximate surface area is 129 Å². The van der Waals surface area contributed by atoms with Gasteiger partial charge in [0.2, 0.25) is 0 Å². The monoisotopic (exact) mass is 305 g/mol. The van der Waals surface area contributed by atoms with Gasteiger partial charge in [0.15, 0.2) is 0 Å². The Hall–Kier alpha value is -1.62. The second kappa shape index (κ2) is 6.43. The highest BCUT2D eigenvalue weighted by Gasteiger charge is 2.17. The van der Waals surface area contributed by atoms with Gasteiger partial charge >= 0.3 is 0 Å². The summed E-state index contributed by atoms with van der Waals surface area (Å²) < 4.78 is 1.64. The number of benzene rings is 1. The van der Waals surface area contributed by atoms with Crippen LogP contribution in [0.2, 0.25) is 5.02 Å². The highest BCUT2D eigenvalue weighted by molar-refractivity contribution is 6.33. The van der Waals surface area contributed by atoms with Gasteiger partial charge in [-0.15, -0.1) is 5.10 Å². The lowest BCUT2D eigenvalue weighted by Crippen LogP contribution is -2.18. The third-order valence-corrected chi connectivity index (χ3v) is 4.51. The summed E-state index contributed by atoms with van der Waals surface area (Å²) in [4.78, 5) is 0. The van der Waals surface area contributed by atoms with Crippen molar-refractivity contribution < 1.29 is 0 Å². The molecule has 1 aromatic heterocycles. The van der Waals surface area contributed by atoms with Crippen LogP contribution >= 0.6 is 11.6 Å². The van der Waals surface area contributed by atoms with E-state index in [4.69, 9.17) is 11.6 Å². The number of rotatable bonds is 3. The summed E-state index contributed by atoms with van der Waals surface area (Å²) in [5.74, 6) is 0.833. The van der Waals surface area contributed by atoms with Crippen molar-refractivity contribution in [1.82, 2.24) is 20.2 Å². The minimum absolute atomic E-state index is 0.497. The largest absolute Gasteiger partial charge is 0.381 e. The minimum Gasteiger partial charge on any atom is -0.381 e. The summed E-state index contributed by atoms with van der Waals surface area (Å²) in [5.41, 5.74) is 1.87. The molecule has 0 bridgehead atoms. The van der Waals surface area contributed by atoms with E-state index in [1.807, 2.05) is 18.2 Å². The van der Waals surface area contributed by atoms with Crippen LogP contribution in [0, 0.1) is 5.92 Å². The van der Waals surface area contributed by atoms with Crippen molar-refractivity contribution in [3.8, 4) is 5.69 Å². The van der Waals surface area contributed by atoms with Crippen molar-refractivity contribution in [1.29, 1.82) is 0 Å². The van der Waals surface area contributed by atoms with E-state index in [1.165, 1.54) is 32.1 Å². The molecule has 1 aliphatic carbocycles. The van der Waals surface area contributed by atoms with E-state index in [1.54, 1.807) is 11.0 Å². The smallest absolute Gasteiger partial charge is 0.143 e. The van der Waals surface area contributed by atoms with Crippen molar-refractivity contribution in [2.45, 2.75) is 45.1 Å². The molecule has 5 nitrogen and oxygen atoms in total. The molecule has 3 rings (SSSR count). The minimum atomic E-state index is 0.497. The summed E-state index contributed by atoms with van der Waals surface area (Å²) in [6, 6.07) is 6.31. The molecule has 6 heteroatoms. The summed E-state index contributed by atoms with van der Waals surface area (Å²) >= 11 is 6.32. The maximum atomic E-state index is 6.32. The first-order chi connectivity index (χ1) is 10.2. The number of nitrogens with zero attached hydrogens (tertiary/aromatic N) is 4. The van der Waals surface area contributed by atoms with Crippen LogP contribution in [0.4, 0.5) is 5.69 Å². The van der Waals surface area contributed by atoms with Gasteiger partial charge in [0.05, 0.1) is 16.4 Å². The quantitative estimate of drug-likeness (QED) is 0.879. The van der Waals surface area contributed by atoms with Gasteiger partial charge < -0.3 is 5.32 Å². The van der Waals surface area contributed by atoms with E-state index in [-0.39, 0.29) is 0 Å². The molecule has 112 valence electrons. The predicted molar refractivity (Wildman–Crippen MR) is 83.8 cm³/mol. The van der Waals surface area contributed by atoms with Crippen LogP contribution in [-0.4, -0.2) is 26.2 Å². The Morgan fingerprint density at radius 2 is 2.14 bits per heavy atom. The van der Waals surface area contributed by atoms with Crippen molar-refractivity contribution in [2.75, 3.05) is 5.32 Å². The second-order valence-electron chi connectivity index (χ2n) is 5.87. The number of aromatic nitrogens is 4. The third-order valence-electron chi connectivity index (χ3n) is 4.18. The Morgan fingerprint density at radius 3 is 2.95 bits per heavy atom. The van der Waals surface area contributed by atoms with Gasteiger partial charge in [0.25, 0.3) is 0 Å². The maximum Gasteiger partial charge on any atom is 0.143 e. The number of anilines is 1. The lowest BCUT2D eigenvalue weighted by Gasteiger charge is -2.19. The molecule has 1 fully saturated rings. The first-order valence-corrected chi connectivity index (χ1v) is 7.89.